The monoisotopic (exact) mass is 155 g/mol. The standard InChI is InChI=1S/C9H17NO/c1-9(2)7(10-3)6-4-5-11-8(6)9/h6-8,10H,4-5H2,1-3H3/t6-,7+,8-/m0/s1. The van der Waals surface area contributed by atoms with Crippen LogP contribution in [0.15, 0.2) is 0 Å². The Morgan fingerprint density at radius 3 is 2.82 bits per heavy atom. The Labute approximate surface area is 68.3 Å². The maximum Gasteiger partial charge on any atom is 0.0685 e. The Bertz CT molecular complexity index is 167. The zero-order chi connectivity index (χ0) is 8.06. The van der Waals surface area contributed by atoms with E-state index < -0.39 is 0 Å². The van der Waals surface area contributed by atoms with Crippen LogP contribution in [0.3, 0.4) is 0 Å². The summed E-state index contributed by atoms with van der Waals surface area (Å²) >= 11 is 0. The quantitative estimate of drug-likeness (QED) is 0.610. The molecular formula is C9H17NO. The molecule has 11 heavy (non-hydrogen) atoms. The number of fused-ring (bicyclic) bond motifs is 1. The molecule has 0 aromatic rings. The van der Waals surface area contributed by atoms with Gasteiger partial charge in [0.25, 0.3) is 0 Å². The summed E-state index contributed by atoms with van der Waals surface area (Å²) in [4.78, 5) is 0. The second-order valence-electron chi connectivity index (χ2n) is 4.33. The number of hydrogen-bond donors (Lipinski definition) is 1. The summed E-state index contributed by atoms with van der Waals surface area (Å²) in [7, 11) is 2.06. The third-order valence-electron chi connectivity index (χ3n) is 3.41. The van der Waals surface area contributed by atoms with Crippen LogP contribution in [0.2, 0.25) is 0 Å². The second kappa shape index (κ2) is 2.20. The van der Waals surface area contributed by atoms with Crippen LogP contribution in [0.4, 0.5) is 0 Å². The summed E-state index contributed by atoms with van der Waals surface area (Å²) < 4.78 is 5.66. The van der Waals surface area contributed by atoms with Crippen LogP contribution in [0.1, 0.15) is 20.3 Å². The smallest absolute Gasteiger partial charge is 0.0685 e. The minimum Gasteiger partial charge on any atom is -0.377 e. The Balaban J connectivity index is 2.12. The summed E-state index contributed by atoms with van der Waals surface area (Å²) in [5.41, 5.74) is 0.357. The van der Waals surface area contributed by atoms with Gasteiger partial charge < -0.3 is 10.1 Å². The van der Waals surface area contributed by atoms with Crippen LogP contribution in [0.25, 0.3) is 0 Å². The van der Waals surface area contributed by atoms with Gasteiger partial charge >= 0.3 is 0 Å². The minimum atomic E-state index is 0.357. The molecule has 1 saturated carbocycles. The van der Waals surface area contributed by atoms with E-state index in [1.54, 1.807) is 0 Å². The van der Waals surface area contributed by atoms with Crippen molar-refractivity contribution in [1.82, 2.24) is 5.32 Å². The lowest BCUT2D eigenvalue weighted by Gasteiger charge is -2.54. The van der Waals surface area contributed by atoms with Crippen molar-refractivity contribution in [2.45, 2.75) is 32.4 Å². The van der Waals surface area contributed by atoms with Crippen molar-refractivity contribution in [3.63, 3.8) is 0 Å². The van der Waals surface area contributed by atoms with Gasteiger partial charge in [0, 0.05) is 24.0 Å². The zero-order valence-corrected chi connectivity index (χ0v) is 7.55. The van der Waals surface area contributed by atoms with E-state index in [4.69, 9.17) is 4.74 Å². The molecule has 0 unspecified atom stereocenters. The van der Waals surface area contributed by atoms with Crippen molar-refractivity contribution in [2.24, 2.45) is 11.3 Å². The molecule has 64 valence electrons. The molecule has 0 bridgehead atoms. The molecule has 0 amide bonds. The van der Waals surface area contributed by atoms with Crippen molar-refractivity contribution in [3.8, 4) is 0 Å². The molecule has 2 fully saturated rings. The van der Waals surface area contributed by atoms with Gasteiger partial charge in [-0.05, 0) is 13.5 Å². The van der Waals surface area contributed by atoms with Crippen molar-refractivity contribution in [3.05, 3.63) is 0 Å². The van der Waals surface area contributed by atoms with Crippen molar-refractivity contribution >= 4 is 0 Å². The molecule has 0 spiro atoms. The first-order valence-electron chi connectivity index (χ1n) is 4.47. The molecule has 1 N–H and O–H groups in total. The highest BCUT2D eigenvalue weighted by molar-refractivity contribution is 5.10. The van der Waals surface area contributed by atoms with Gasteiger partial charge in [-0.1, -0.05) is 13.8 Å². The lowest BCUT2D eigenvalue weighted by atomic mass is 9.57. The summed E-state index contributed by atoms with van der Waals surface area (Å²) in [6, 6.07) is 0.676. The van der Waals surface area contributed by atoms with Gasteiger partial charge in [0.15, 0.2) is 0 Å². The second-order valence-corrected chi connectivity index (χ2v) is 4.33. The first-order chi connectivity index (χ1) is 5.18. The number of hydrogen-bond acceptors (Lipinski definition) is 2. The molecule has 0 aromatic carbocycles. The number of rotatable bonds is 1. The van der Waals surface area contributed by atoms with Gasteiger partial charge in [0.05, 0.1) is 6.10 Å². The van der Waals surface area contributed by atoms with Crippen molar-refractivity contribution < 1.29 is 4.74 Å². The predicted octanol–water partition coefficient (Wildman–Crippen LogP) is 1.02. The SMILES string of the molecule is CN[C@@H]1[C@@H]2CCO[C@@H]2C1(C)C. The molecule has 2 aliphatic rings. The minimum absolute atomic E-state index is 0.357. The Kier molecular flexibility index (Phi) is 1.52. The third kappa shape index (κ3) is 0.798. The van der Waals surface area contributed by atoms with E-state index in [-0.39, 0.29) is 0 Å². The van der Waals surface area contributed by atoms with Gasteiger partial charge in [-0.3, -0.25) is 0 Å². The average Bonchev–Trinajstić information content (AvgIpc) is 2.34. The summed E-state index contributed by atoms with van der Waals surface area (Å²) in [6.45, 7) is 5.55. The first-order valence-corrected chi connectivity index (χ1v) is 4.47. The molecule has 1 aliphatic carbocycles. The van der Waals surface area contributed by atoms with E-state index in [0.29, 0.717) is 17.6 Å². The van der Waals surface area contributed by atoms with E-state index in [2.05, 4.69) is 26.2 Å². The molecule has 2 rings (SSSR count). The Hall–Kier alpha value is -0.0800. The maximum absolute atomic E-state index is 5.66. The van der Waals surface area contributed by atoms with Crippen LogP contribution in [0, 0.1) is 11.3 Å². The lowest BCUT2D eigenvalue weighted by molar-refractivity contribution is -0.110. The fourth-order valence-corrected chi connectivity index (χ4v) is 2.91. The Morgan fingerprint density at radius 1 is 1.45 bits per heavy atom. The molecule has 1 aliphatic heterocycles. The van der Waals surface area contributed by atoms with E-state index in [1.165, 1.54) is 6.42 Å². The molecule has 2 heteroatoms. The largest absolute Gasteiger partial charge is 0.377 e. The maximum atomic E-state index is 5.66. The normalized spacial score (nSPS) is 46.6. The zero-order valence-electron chi connectivity index (χ0n) is 7.55. The van der Waals surface area contributed by atoms with Crippen LogP contribution >= 0.6 is 0 Å². The molecule has 1 heterocycles. The third-order valence-corrected chi connectivity index (χ3v) is 3.41. The van der Waals surface area contributed by atoms with E-state index in [9.17, 15) is 0 Å². The molecule has 1 saturated heterocycles. The lowest BCUT2D eigenvalue weighted by Crippen LogP contribution is -2.65. The predicted molar refractivity (Wildman–Crippen MR) is 44.5 cm³/mol. The highest BCUT2D eigenvalue weighted by Gasteiger charge is 2.58. The fourth-order valence-electron chi connectivity index (χ4n) is 2.91. The summed E-state index contributed by atoms with van der Waals surface area (Å²) in [5, 5.41) is 3.38. The van der Waals surface area contributed by atoms with Gasteiger partial charge in [0.1, 0.15) is 0 Å². The first kappa shape index (κ1) is 7.56. The van der Waals surface area contributed by atoms with Crippen LogP contribution in [0.5, 0.6) is 0 Å². The Morgan fingerprint density at radius 2 is 2.18 bits per heavy atom. The molecule has 0 aromatic heterocycles. The summed E-state index contributed by atoms with van der Waals surface area (Å²) in [5.74, 6) is 0.787. The molecular weight excluding hydrogens is 138 g/mol. The highest BCUT2D eigenvalue weighted by atomic mass is 16.5. The molecule has 2 nitrogen and oxygen atoms in total. The molecule has 0 radical (unpaired) electrons. The van der Waals surface area contributed by atoms with Crippen LogP contribution < -0.4 is 5.32 Å². The van der Waals surface area contributed by atoms with E-state index in [1.807, 2.05) is 0 Å². The van der Waals surface area contributed by atoms with Crippen LogP contribution in [-0.4, -0.2) is 25.8 Å². The van der Waals surface area contributed by atoms with Crippen LogP contribution in [-0.2, 0) is 4.74 Å². The van der Waals surface area contributed by atoms with E-state index in [0.717, 1.165) is 12.5 Å². The van der Waals surface area contributed by atoms with Crippen molar-refractivity contribution in [2.75, 3.05) is 13.7 Å². The average molecular weight is 155 g/mol. The van der Waals surface area contributed by atoms with Gasteiger partial charge in [-0.2, -0.15) is 0 Å². The fraction of sp³-hybridized carbons (Fsp3) is 1.00. The topological polar surface area (TPSA) is 21.3 Å². The number of ether oxygens (including phenoxy) is 1. The number of nitrogens with one attached hydrogen (secondary N) is 1. The molecule has 3 atom stereocenters. The van der Waals surface area contributed by atoms with Gasteiger partial charge in [0.2, 0.25) is 0 Å². The van der Waals surface area contributed by atoms with Gasteiger partial charge in [-0.15, -0.1) is 0 Å². The highest BCUT2D eigenvalue weighted by Crippen LogP contribution is 2.51. The van der Waals surface area contributed by atoms with E-state index >= 15 is 0 Å². The van der Waals surface area contributed by atoms with Gasteiger partial charge in [-0.25, -0.2) is 0 Å². The van der Waals surface area contributed by atoms with Crippen molar-refractivity contribution in [1.29, 1.82) is 0 Å². The summed E-state index contributed by atoms with van der Waals surface area (Å²) in [6.07, 6.45) is 1.78.